The first-order chi connectivity index (χ1) is 13.3. The number of benzene rings is 2. The Hall–Kier alpha value is -3.12. The summed E-state index contributed by atoms with van der Waals surface area (Å²) in [4.78, 5) is 13.6. The molecule has 1 fully saturated rings. The maximum atomic E-state index is 4.53. The van der Waals surface area contributed by atoms with Crippen molar-refractivity contribution in [3.05, 3.63) is 66.9 Å². The molecular formula is C21H24N6. The smallest absolute Gasteiger partial charge is 0.229 e. The van der Waals surface area contributed by atoms with Gasteiger partial charge in [-0.3, -0.25) is 0 Å². The Morgan fingerprint density at radius 3 is 2.22 bits per heavy atom. The molecule has 1 aromatic heterocycles. The zero-order valence-electron chi connectivity index (χ0n) is 15.5. The molecule has 3 aromatic rings. The lowest BCUT2D eigenvalue weighted by molar-refractivity contribution is 0.313. The number of anilines is 5. The monoisotopic (exact) mass is 360 g/mol. The van der Waals surface area contributed by atoms with Gasteiger partial charge in [0.05, 0.1) is 0 Å². The fraction of sp³-hybridized carbons (Fsp3) is 0.238. The van der Waals surface area contributed by atoms with Crippen molar-refractivity contribution in [2.75, 3.05) is 48.8 Å². The largest absolute Gasteiger partial charge is 0.369 e. The second-order valence-electron chi connectivity index (χ2n) is 6.72. The van der Waals surface area contributed by atoms with Crippen molar-refractivity contribution in [3.63, 3.8) is 0 Å². The fourth-order valence-corrected chi connectivity index (χ4v) is 3.11. The van der Waals surface area contributed by atoms with Gasteiger partial charge in [-0.2, -0.15) is 4.98 Å². The van der Waals surface area contributed by atoms with Gasteiger partial charge in [0.1, 0.15) is 5.82 Å². The van der Waals surface area contributed by atoms with Crippen LogP contribution in [0.3, 0.4) is 0 Å². The van der Waals surface area contributed by atoms with Crippen molar-refractivity contribution in [1.82, 2.24) is 14.9 Å². The third-order valence-corrected chi connectivity index (χ3v) is 4.69. The van der Waals surface area contributed by atoms with E-state index in [4.69, 9.17) is 0 Å². The van der Waals surface area contributed by atoms with E-state index < -0.39 is 0 Å². The second kappa shape index (κ2) is 8.05. The lowest BCUT2D eigenvalue weighted by Gasteiger charge is -2.34. The number of nitrogens with one attached hydrogen (secondary N) is 2. The SMILES string of the molecule is CN1CCN(c2ccc(Nc3ccnc(Nc4ccccc4)n3)cc2)CC1. The van der Waals surface area contributed by atoms with Gasteiger partial charge < -0.3 is 20.4 Å². The highest BCUT2D eigenvalue weighted by atomic mass is 15.2. The average Bonchev–Trinajstić information content (AvgIpc) is 2.70. The minimum atomic E-state index is 0.570. The zero-order chi connectivity index (χ0) is 18.5. The molecule has 0 atom stereocenters. The molecule has 2 aromatic carbocycles. The van der Waals surface area contributed by atoms with E-state index in [1.807, 2.05) is 36.4 Å². The number of hydrogen-bond acceptors (Lipinski definition) is 6. The molecule has 2 heterocycles. The topological polar surface area (TPSA) is 56.3 Å². The molecule has 2 N–H and O–H groups in total. The number of rotatable bonds is 5. The maximum absolute atomic E-state index is 4.53. The first kappa shape index (κ1) is 17.3. The lowest BCUT2D eigenvalue weighted by atomic mass is 10.2. The normalized spacial score (nSPS) is 14.8. The van der Waals surface area contributed by atoms with Gasteiger partial charge in [-0.15, -0.1) is 0 Å². The van der Waals surface area contributed by atoms with Gasteiger partial charge in [0.15, 0.2) is 0 Å². The molecule has 0 spiro atoms. The van der Waals surface area contributed by atoms with Gasteiger partial charge in [0.2, 0.25) is 5.95 Å². The van der Waals surface area contributed by atoms with Crippen LogP contribution in [-0.2, 0) is 0 Å². The van der Waals surface area contributed by atoms with Crippen LogP contribution < -0.4 is 15.5 Å². The Morgan fingerprint density at radius 2 is 1.48 bits per heavy atom. The third-order valence-electron chi connectivity index (χ3n) is 4.69. The van der Waals surface area contributed by atoms with Crippen LogP contribution in [0.1, 0.15) is 0 Å². The van der Waals surface area contributed by atoms with Gasteiger partial charge in [0.25, 0.3) is 0 Å². The number of para-hydroxylation sites is 1. The van der Waals surface area contributed by atoms with Crippen LogP contribution in [0.25, 0.3) is 0 Å². The summed E-state index contributed by atoms with van der Waals surface area (Å²) in [6.45, 7) is 4.36. The van der Waals surface area contributed by atoms with Crippen molar-refractivity contribution in [3.8, 4) is 0 Å². The Bertz CT molecular complexity index is 857. The van der Waals surface area contributed by atoms with E-state index in [2.05, 4.69) is 61.7 Å². The summed E-state index contributed by atoms with van der Waals surface area (Å²) in [5.74, 6) is 1.33. The number of aromatic nitrogens is 2. The summed E-state index contributed by atoms with van der Waals surface area (Å²) in [7, 11) is 2.17. The van der Waals surface area contributed by atoms with Crippen molar-refractivity contribution >= 4 is 28.8 Å². The molecule has 1 aliphatic rings. The third kappa shape index (κ3) is 4.54. The Labute approximate surface area is 159 Å². The van der Waals surface area contributed by atoms with E-state index in [9.17, 15) is 0 Å². The molecule has 4 rings (SSSR count). The summed E-state index contributed by atoms with van der Waals surface area (Å²) >= 11 is 0. The summed E-state index contributed by atoms with van der Waals surface area (Å²) in [6.07, 6.45) is 1.75. The molecule has 27 heavy (non-hydrogen) atoms. The molecule has 138 valence electrons. The molecule has 0 saturated carbocycles. The van der Waals surface area contributed by atoms with E-state index in [1.54, 1.807) is 6.20 Å². The fourth-order valence-electron chi connectivity index (χ4n) is 3.11. The molecular weight excluding hydrogens is 336 g/mol. The molecule has 0 unspecified atom stereocenters. The molecule has 0 amide bonds. The number of likely N-dealkylation sites (N-methyl/N-ethyl adjacent to an activating group) is 1. The average molecular weight is 360 g/mol. The van der Waals surface area contributed by atoms with E-state index in [1.165, 1.54) is 5.69 Å². The van der Waals surface area contributed by atoms with Crippen LogP contribution in [0.2, 0.25) is 0 Å². The van der Waals surface area contributed by atoms with Crippen LogP contribution in [-0.4, -0.2) is 48.1 Å². The van der Waals surface area contributed by atoms with Crippen LogP contribution >= 0.6 is 0 Å². The van der Waals surface area contributed by atoms with Crippen molar-refractivity contribution in [1.29, 1.82) is 0 Å². The Balaban J connectivity index is 1.41. The van der Waals surface area contributed by atoms with E-state index in [-0.39, 0.29) is 0 Å². The number of hydrogen-bond donors (Lipinski definition) is 2. The standard InChI is InChI=1S/C21H24N6/c1-26-13-15-27(16-14-26)19-9-7-18(8-10-19)23-20-11-12-22-21(25-20)24-17-5-3-2-4-6-17/h2-12H,13-16H2,1H3,(H2,22,23,24,25). The van der Waals surface area contributed by atoms with Crippen LogP contribution in [0.15, 0.2) is 66.9 Å². The van der Waals surface area contributed by atoms with Gasteiger partial charge in [-0.05, 0) is 49.5 Å². The highest BCUT2D eigenvalue weighted by molar-refractivity contribution is 5.62. The molecule has 1 aliphatic heterocycles. The minimum Gasteiger partial charge on any atom is -0.369 e. The van der Waals surface area contributed by atoms with Gasteiger partial charge in [0, 0.05) is 49.4 Å². The van der Waals surface area contributed by atoms with Crippen molar-refractivity contribution < 1.29 is 0 Å². The maximum Gasteiger partial charge on any atom is 0.229 e. The summed E-state index contributed by atoms with van der Waals surface area (Å²) in [5, 5.41) is 6.56. The van der Waals surface area contributed by atoms with Crippen LogP contribution in [0.4, 0.5) is 28.8 Å². The minimum absolute atomic E-state index is 0.570. The summed E-state index contributed by atoms with van der Waals surface area (Å²) < 4.78 is 0. The number of piperazine rings is 1. The number of nitrogens with zero attached hydrogens (tertiary/aromatic N) is 4. The molecule has 0 bridgehead atoms. The quantitative estimate of drug-likeness (QED) is 0.723. The van der Waals surface area contributed by atoms with Crippen LogP contribution in [0, 0.1) is 0 Å². The van der Waals surface area contributed by atoms with E-state index in [0.29, 0.717) is 5.95 Å². The molecule has 0 radical (unpaired) electrons. The van der Waals surface area contributed by atoms with Crippen molar-refractivity contribution in [2.24, 2.45) is 0 Å². The first-order valence-corrected chi connectivity index (χ1v) is 9.22. The predicted octanol–water partition coefficient (Wildman–Crippen LogP) is 3.72. The molecule has 0 aliphatic carbocycles. The predicted molar refractivity (Wildman–Crippen MR) is 111 cm³/mol. The van der Waals surface area contributed by atoms with Crippen LogP contribution in [0.5, 0.6) is 0 Å². The highest BCUT2D eigenvalue weighted by Gasteiger charge is 2.13. The summed E-state index contributed by atoms with van der Waals surface area (Å²) in [6, 6.07) is 20.3. The summed E-state index contributed by atoms with van der Waals surface area (Å²) in [5.41, 5.74) is 3.24. The van der Waals surface area contributed by atoms with E-state index in [0.717, 1.165) is 43.4 Å². The highest BCUT2D eigenvalue weighted by Crippen LogP contribution is 2.22. The van der Waals surface area contributed by atoms with Gasteiger partial charge >= 0.3 is 0 Å². The molecule has 1 saturated heterocycles. The van der Waals surface area contributed by atoms with Gasteiger partial charge in [-0.25, -0.2) is 4.98 Å². The van der Waals surface area contributed by atoms with Gasteiger partial charge in [-0.1, -0.05) is 18.2 Å². The Kier molecular flexibility index (Phi) is 5.16. The zero-order valence-corrected chi connectivity index (χ0v) is 15.5. The lowest BCUT2D eigenvalue weighted by Crippen LogP contribution is -2.44. The molecule has 6 heteroatoms. The Morgan fingerprint density at radius 1 is 0.778 bits per heavy atom. The first-order valence-electron chi connectivity index (χ1n) is 9.22. The molecule has 6 nitrogen and oxygen atoms in total. The second-order valence-corrected chi connectivity index (χ2v) is 6.72. The van der Waals surface area contributed by atoms with E-state index >= 15 is 0 Å². The van der Waals surface area contributed by atoms with Crippen molar-refractivity contribution in [2.45, 2.75) is 0 Å².